The zero-order valence-corrected chi connectivity index (χ0v) is 30.0. The molecule has 4 heteroatoms. The third kappa shape index (κ3) is 4.85. The van der Waals surface area contributed by atoms with Gasteiger partial charge in [-0.1, -0.05) is 121 Å². The molecule has 1 spiro atoms. The van der Waals surface area contributed by atoms with Gasteiger partial charge in [0.1, 0.15) is 0 Å². The lowest BCUT2D eigenvalue weighted by atomic mass is 9.43. The second kappa shape index (κ2) is 12.2. The van der Waals surface area contributed by atoms with E-state index in [0.29, 0.717) is 29.3 Å². The molecule has 5 aliphatic rings. The molecule has 12 rings (SSSR count). The van der Waals surface area contributed by atoms with Crippen molar-refractivity contribution in [3.05, 3.63) is 162 Å². The number of hydrogen-bond acceptors (Lipinski definition) is 4. The summed E-state index contributed by atoms with van der Waals surface area (Å²) in [5.41, 5.74) is 14.1. The molecule has 4 fully saturated rings. The minimum absolute atomic E-state index is 0.0249. The summed E-state index contributed by atoms with van der Waals surface area (Å²) in [6.45, 7) is 0. The van der Waals surface area contributed by atoms with E-state index >= 15 is 0 Å². The van der Waals surface area contributed by atoms with Crippen molar-refractivity contribution in [2.24, 2.45) is 23.7 Å². The van der Waals surface area contributed by atoms with Crippen LogP contribution < -0.4 is 0 Å². The van der Waals surface area contributed by atoms with Gasteiger partial charge in [-0.15, -0.1) is 0 Å². The summed E-state index contributed by atoms with van der Waals surface area (Å²) in [7, 11) is 0. The molecule has 4 nitrogen and oxygen atoms in total. The van der Waals surface area contributed by atoms with Crippen molar-refractivity contribution in [2.75, 3.05) is 0 Å². The Hall–Kier alpha value is -6.18. The molecule has 0 radical (unpaired) electrons. The van der Waals surface area contributed by atoms with Gasteiger partial charge in [0.25, 0.3) is 0 Å². The van der Waals surface area contributed by atoms with E-state index in [9.17, 15) is 5.26 Å². The molecule has 4 bridgehead atoms. The molecule has 0 amide bonds. The van der Waals surface area contributed by atoms with E-state index in [0.717, 1.165) is 45.2 Å². The van der Waals surface area contributed by atoms with Crippen LogP contribution in [-0.2, 0) is 5.41 Å². The number of aromatic nitrogens is 3. The van der Waals surface area contributed by atoms with Crippen LogP contribution in [0.4, 0.5) is 0 Å². The van der Waals surface area contributed by atoms with Crippen LogP contribution in [0.3, 0.4) is 0 Å². The molecule has 0 unspecified atom stereocenters. The molecule has 54 heavy (non-hydrogen) atoms. The third-order valence-corrected chi connectivity index (χ3v) is 13.1. The first-order valence-corrected chi connectivity index (χ1v) is 19.4. The van der Waals surface area contributed by atoms with E-state index in [1.165, 1.54) is 65.5 Å². The van der Waals surface area contributed by atoms with Crippen molar-refractivity contribution in [3.8, 4) is 73.6 Å². The lowest BCUT2D eigenvalue weighted by Gasteiger charge is -2.61. The van der Waals surface area contributed by atoms with Crippen molar-refractivity contribution in [1.29, 1.82) is 5.26 Å². The van der Waals surface area contributed by atoms with Gasteiger partial charge >= 0.3 is 0 Å². The monoisotopic (exact) mass is 694 g/mol. The van der Waals surface area contributed by atoms with Crippen LogP contribution in [0, 0.1) is 35.0 Å². The molecule has 0 atom stereocenters. The van der Waals surface area contributed by atoms with Gasteiger partial charge in [0, 0.05) is 22.1 Å². The minimum atomic E-state index is 0.0249. The second-order valence-corrected chi connectivity index (χ2v) is 16.0. The van der Waals surface area contributed by atoms with Gasteiger partial charge in [-0.25, -0.2) is 15.0 Å². The summed E-state index contributed by atoms with van der Waals surface area (Å²) in [6, 6.07) is 53.9. The molecule has 4 saturated carbocycles. The average molecular weight is 695 g/mol. The van der Waals surface area contributed by atoms with Gasteiger partial charge in [0.15, 0.2) is 17.5 Å². The quantitative estimate of drug-likeness (QED) is 0.180. The summed E-state index contributed by atoms with van der Waals surface area (Å²) >= 11 is 0. The Morgan fingerprint density at radius 2 is 0.889 bits per heavy atom. The zero-order valence-electron chi connectivity index (χ0n) is 30.0. The summed E-state index contributed by atoms with van der Waals surface area (Å²) in [5.74, 6) is 5.04. The maximum absolute atomic E-state index is 9.94. The molecule has 5 aliphatic carbocycles. The number of rotatable bonds is 5. The van der Waals surface area contributed by atoms with Gasteiger partial charge in [0.05, 0.1) is 11.6 Å². The van der Waals surface area contributed by atoms with Crippen molar-refractivity contribution >= 4 is 0 Å². The normalized spacial score (nSPS) is 22.9. The number of fused-ring (bicyclic) bond motifs is 3. The van der Waals surface area contributed by atoms with E-state index in [2.05, 4.69) is 84.9 Å². The SMILES string of the molecule is N#Cc1ccc2c(c1)C1(c3cc(-c4ccc(-c5cccc(-c6nc(-c7ccccc7)nc(-c7ccccc7)n6)c5)cc4)ccc3-2)C2CC3CC(C2)CC1C3. The predicted molar refractivity (Wildman–Crippen MR) is 215 cm³/mol. The molecule has 258 valence electrons. The van der Waals surface area contributed by atoms with Crippen molar-refractivity contribution in [1.82, 2.24) is 15.0 Å². The van der Waals surface area contributed by atoms with Crippen LogP contribution >= 0.6 is 0 Å². The van der Waals surface area contributed by atoms with E-state index in [4.69, 9.17) is 15.0 Å². The first-order chi connectivity index (χ1) is 26.6. The fourth-order valence-corrected chi connectivity index (χ4v) is 11.1. The second-order valence-electron chi connectivity index (χ2n) is 16.0. The van der Waals surface area contributed by atoms with Gasteiger partial charge < -0.3 is 0 Å². The number of benzene rings is 6. The smallest absolute Gasteiger partial charge is 0.164 e. The standard InChI is InChI=1S/C50H38N4/c51-30-31-14-20-43-44-21-19-39(29-46(44)50(45(43)27-31)41-23-32-22-33(25-41)26-42(50)24-32)35-17-15-34(16-18-35)38-12-7-13-40(28-38)49-53-47(36-8-3-1-4-9-36)52-48(54-49)37-10-5-2-6-11-37/h1-21,27-29,32-33,41-42H,22-26H2. The lowest BCUT2D eigenvalue weighted by Crippen LogP contribution is -2.55. The molecule has 0 saturated heterocycles. The highest BCUT2D eigenvalue weighted by Crippen LogP contribution is 2.69. The summed E-state index contributed by atoms with van der Waals surface area (Å²) in [4.78, 5) is 14.8. The number of hydrogen-bond donors (Lipinski definition) is 0. The Morgan fingerprint density at radius 3 is 1.46 bits per heavy atom. The minimum Gasteiger partial charge on any atom is -0.208 e. The predicted octanol–water partition coefficient (Wildman–Crippen LogP) is 11.8. The molecule has 1 aromatic heterocycles. The molecule has 6 aromatic carbocycles. The topological polar surface area (TPSA) is 62.5 Å². The highest BCUT2D eigenvalue weighted by molar-refractivity contribution is 5.85. The van der Waals surface area contributed by atoms with E-state index in [-0.39, 0.29) is 5.41 Å². The summed E-state index contributed by atoms with van der Waals surface area (Å²) < 4.78 is 0. The highest BCUT2D eigenvalue weighted by atomic mass is 15.0. The fourth-order valence-electron chi connectivity index (χ4n) is 11.1. The Bertz CT molecular complexity index is 2530. The first-order valence-electron chi connectivity index (χ1n) is 19.4. The van der Waals surface area contributed by atoms with Gasteiger partial charge in [-0.2, -0.15) is 5.26 Å². The Morgan fingerprint density at radius 1 is 0.426 bits per heavy atom. The molecular formula is C50H38N4. The zero-order chi connectivity index (χ0) is 35.8. The van der Waals surface area contributed by atoms with E-state index < -0.39 is 0 Å². The Kier molecular flexibility index (Phi) is 7.07. The van der Waals surface area contributed by atoms with E-state index in [1.807, 2.05) is 66.7 Å². The van der Waals surface area contributed by atoms with Crippen molar-refractivity contribution in [3.63, 3.8) is 0 Å². The third-order valence-electron chi connectivity index (χ3n) is 13.1. The van der Waals surface area contributed by atoms with Crippen LogP contribution in [0.15, 0.2) is 146 Å². The number of nitrogens with zero attached hydrogens (tertiary/aromatic N) is 4. The maximum Gasteiger partial charge on any atom is 0.164 e. The average Bonchev–Trinajstić information content (AvgIpc) is 3.52. The molecule has 0 aliphatic heterocycles. The summed E-state index contributed by atoms with van der Waals surface area (Å²) in [6.07, 6.45) is 6.73. The van der Waals surface area contributed by atoms with Crippen LogP contribution in [0.5, 0.6) is 0 Å². The van der Waals surface area contributed by atoms with E-state index in [1.54, 1.807) is 0 Å². The largest absolute Gasteiger partial charge is 0.208 e. The first kappa shape index (κ1) is 31.4. The van der Waals surface area contributed by atoms with Crippen LogP contribution in [-0.4, -0.2) is 15.0 Å². The molecule has 1 heterocycles. The lowest BCUT2D eigenvalue weighted by molar-refractivity contribution is -0.0399. The van der Waals surface area contributed by atoms with Crippen molar-refractivity contribution < 1.29 is 0 Å². The maximum atomic E-state index is 9.94. The number of nitriles is 1. The Balaban J connectivity index is 0.953. The van der Waals surface area contributed by atoms with Gasteiger partial charge in [0.2, 0.25) is 0 Å². The summed E-state index contributed by atoms with van der Waals surface area (Å²) in [5, 5.41) is 9.94. The highest BCUT2D eigenvalue weighted by Gasteiger charge is 2.61. The van der Waals surface area contributed by atoms with Crippen LogP contribution in [0.1, 0.15) is 48.8 Å². The molecular weight excluding hydrogens is 657 g/mol. The van der Waals surface area contributed by atoms with Crippen LogP contribution in [0.2, 0.25) is 0 Å². The molecule has 0 N–H and O–H groups in total. The van der Waals surface area contributed by atoms with Gasteiger partial charge in [-0.3, -0.25) is 0 Å². The fraction of sp³-hybridized carbons (Fsp3) is 0.200. The Labute approximate surface area is 316 Å². The molecule has 7 aromatic rings. The van der Waals surface area contributed by atoms with Gasteiger partial charge in [-0.05, 0) is 125 Å². The van der Waals surface area contributed by atoms with Crippen LogP contribution in [0.25, 0.3) is 67.5 Å². The van der Waals surface area contributed by atoms with Crippen molar-refractivity contribution in [2.45, 2.75) is 37.5 Å².